The Labute approximate surface area is 62.1 Å². The molecule has 1 aromatic rings. The van der Waals surface area contributed by atoms with E-state index in [2.05, 4.69) is 9.36 Å². The van der Waals surface area contributed by atoms with Crippen molar-refractivity contribution in [3.05, 3.63) is 9.78 Å². The van der Waals surface area contributed by atoms with E-state index in [9.17, 15) is 0 Å². The highest BCUT2D eigenvalue weighted by molar-refractivity contribution is 7.73. The number of rotatable bonds is 2. The van der Waals surface area contributed by atoms with Crippen LogP contribution in [-0.4, -0.2) is 15.9 Å². The minimum atomic E-state index is 0.620. The van der Waals surface area contributed by atoms with Crippen LogP contribution in [0.4, 0.5) is 0 Å². The Morgan fingerprint density at radius 3 is 3.00 bits per heavy atom. The van der Waals surface area contributed by atoms with Gasteiger partial charge in [0, 0.05) is 6.42 Å². The number of nitrogens with one attached hydrogen (secondary N) is 1. The Hall–Kier alpha value is -0.260. The molecule has 0 fully saturated rings. The first-order chi connectivity index (χ1) is 4.33. The minimum absolute atomic E-state index is 0.620. The Balaban J connectivity index is 2.73. The molecule has 0 spiro atoms. The second kappa shape index (κ2) is 3.05. The zero-order valence-corrected chi connectivity index (χ0v) is 6.39. The second-order valence-corrected chi connectivity index (χ2v) is 3.01. The van der Waals surface area contributed by atoms with Gasteiger partial charge in [0.15, 0.2) is 3.95 Å². The van der Waals surface area contributed by atoms with E-state index >= 15 is 0 Å². The van der Waals surface area contributed by atoms with Crippen molar-refractivity contribution in [2.45, 2.75) is 6.42 Å². The zero-order chi connectivity index (χ0) is 6.69. The molecule has 0 radical (unpaired) electrons. The molecule has 50 valence electrons. The highest BCUT2D eigenvalue weighted by Gasteiger charge is 1.92. The summed E-state index contributed by atoms with van der Waals surface area (Å²) in [6.07, 6.45) is 0.785. The van der Waals surface area contributed by atoms with Crippen molar-refractivity contribution in [3.63, 3.8) is 0 Å². The average Bonchev–Trinajstić information content (AvgIpc) is 2.17. The highest BCUT2D eigenvalue weighted by atomic mass is 32.2. The molecule has 3 N–H and O–H groups in total. The summed E-state index contributed by atoms with van der Waals surface area (Å²) in [5, 5.41) is 0. The highest BCUT2D eigenvalue weighted by Crippen LogP contribution is 1.96. The lowest BCUT2D eigenvalue weighted by Gasteiger charge is -1.85. The molecule has 3 nitrogen and oxygen atoms in total. The van der Waals surface area contributed by atoms with Crippen molar-refractivity contribution < 1.29 is 0 Å². The van der Waals surface area contributed by atoms with E-state index in [1.54, 1.807) is 0 Å². The fourth-order valence-electron chi connectivity index (χ4n) is 0.502. The molecule has 0 saturated heterocycles. The Kier molecular flexibility index (Phi) is 2.32. The first kappa shape index (κ1) is 6.85. The van der Waals surface area contributed by atoms with Gasteiger partial charge in [-0.2, -0.15) is 0 Å². The van der Waals surface area contributed by atoms with E-state index < -0.39 is 0 Å². The van der Waals surface area contributed by atoms with Crippen LogP contribution in [0.1, 0.15) is 5.82 Å². The number of aromatic amines is 1. The lowest BCUT2D eigenvalue weighted by atomic mass is 10.4. The quantitative estimate of drug-likeness (QED) is 0.628. The molecule has 1 rings (SSSR count). The molecular formula is C4H7N3S2. The van der Waals surface area contributed by atoms with Crippen LogP contribution < -0.4 is 5.73 Å². The summed E-state index contributed by atoms with van der Waals surface area (Å²) in [7, 11) is 0. The van der Waals surface area contributed by atoms with Gasteiger partial charge in [-0.15, -0.1) is 0 Å². The molecule has 0 unspecified atom stereocenters. The normalized spacial score (nSPS) is 9.89. The van der Waals surface area contributed by atoms with E-state index in [0.717, 1.165) is 12.2 Å². The summed E-state index contributed by atoms with van der Waals surface area (Å²) in [5.74, 6) is 0.896. The molecule has 9 heavy (non-hydrogen) atoms. The van der Waals surface area contributed by atoms with Crippen molar-refractivity contribution in [2.24, 2.45) is 5.73 Å². The van der Waals surface area contributed by atoms with Crippen molar-refractivity contribution >= 4 is 23.8 Å². The maximum absolute atomic E-state index is 5.28. The Morgan fingerprint density at radius 1 is 1.78 bits per heavy atom. The summed E-state index contributed by atoms with van der Waals surface area (Å²) in [5.41, 5.74) is 5.28. The van der Waals surface area contributed by atoms with Gasteiger partial charge >= 0.3 is 0 Å². The van der Waals surface area contributed by atoms with Gasteiger partial charge in [-0.1, -0.05) is 0 Å². The first-order valence-electron chi connectivity index (χ1n) is 2.57. The molecule has 0 aliphatic rings. The standard InChI is InChI=1S/C4H7N3S2/c5-2-1-3-6-4(8)9-7-3/h1-2,5H2,(H,6,7,8). The third-order valence-corrected chi connectivity index (χ3v) is 1.81. The molecule has 5 heteroatoms. The van der Waals surface area contributed by atoms with Gasteiger partial charge in [0.1, 0.15) is 5.82 Å². The SMILES string of the molecule is NCCc1nc(=S)s[nH]1. The van der Waals surface area contributed by atoms with Crippen molar-refractivity contribution in [1.29, 1.82) is 0 Å². The lowest BCUT2D eigenvalue weighted by molar-refractivity contribution is 0.898. The predicted molar refractivity (Wildman–Crippen MR) is 40.1 cm³/mol. The van der Waals surface area contributed by atoms with Gasteiger partial charge in [-0.05, 0) is 30.3 Å². The van der Waals surface area contributed by atoms with Gasteiger partial charge in [0.05, 0.1) is 0 Å². The predicted octanol–water partition coefficient (Wildman–Crippen LogP) is 0.702. The molecule has 0 aliphatic carbocycles. The summed E-state index contributed by atoms with van der Waals surface area (Å²) in [4.78, 5) is 4.00. The van der Waals surface area contributed by atoms with Crippen LogP contribution in [0.15, 0.2) is 0 Å². The summed E-state index contributed by atoms with van der Waals surface area (Å²) < 4.78 is 3.60. The number of hydrogen-bond acceptors (Lipinski definition) is 4. The molecule has 0 aromatic carbocycles. The monoisotopic (exact) mass is 161 g/mol. The van der Waals surface area contributed by atoms with E-state index in [1.807, 2.05) is 0 Å². The average molecular weight is 161 g/mol. The maximum Gasteiger partial charge on any atom is 0.198 e. The van der Waals surface area contributed by atoms with Gasteiger partial charge in [-0.25, -0.2) is 4.98 Å². The lowest BCUT2D eigenvalue weighted by Crippen LogP contribution is -2.03. The van der Waals surface area contributed by atoms with Crippen LogP contribution in [-0.2, 0) is 6.42 Å². The maximum atomic E-state index is 5.28. The van der Waals surface area contributed by atoms with Crippen molar-refractivity contribution in [3.8, 4) is 0 Å². The van der Waals surface area contributed by atoms with Crippen LogP contribution in [0.25, 0.3) is 0 Å². The summed E-state index contributed by atoms with van der Waals surface area (Å²) >= 11 is 6.15. The van der Waals surface area contributed by atoms with Crippen LogP contribution in [0.2, 0.25) is 0 Å². The number of hydrogen-bond donors (Lipinski definition) is 2. The second-order valence-electron chi connectivity index (χ2n) is 1.57. The van der Waals surface area contributed by atoms with Crippen LogP contribution in [0, 0.1) is 3.95 Å². The Bertz CT molecular complexity index is 226. The molecule has 0 bridgehead atoms. The van der Waals surface area contributed by atoms with E-state index in [1.165, 1.54) is 11.5 Å². The molecule has 0 atom stereocenters. The molecule has 0 saturated carbocycles. The molecule has 1 heterocycles. The smallest absolute Gasteiger partial charge is 0.198 e. The molecule has 0 aliphatic heterocycles. The van der Waals surface area contributed by atoms with Crippen LogP contribution >= 0.6 is 23.8 Å². The summed E-state index contributed by atoms with van der Waals surface area (Å²) in [6.45, 7) is 0.620. The van der Waals surface area contributed by atoms with Gasteiger partial charge < -0.3 is 5.73 Å². The van der Waals surface area contributed by atoms with Gasteiger partial charge in [-0.3, -0.25) is 4.37 Å². The van der Waals surface area contributed by atoms with Crippen LogP contribution in [0.5, 0.6) is 0 Å². The van der Waals surface area contributed by atoms with Gasteiger partial charge in [0.25, 0.3) is 0 Å². The number of aromatic nitrogens is 2. The van der Waals surface area contributed by atoms with E-state index in [0.29, 0.717) is 10.5 Å². The van der Waals surface area contributed by atoms with E-state index in [-0.39, 0.29) is 0 Å². The van der Waals surface area contributed by atoms with E-state index in [4.69, 9.17) is 18.0 Å². The molecular weight excluding hydrogens is 154 g/mol. The fraction of sp³-hybridized carbons (Fsp3) is 0.500. The third-order valence-electron chi connectivity index (χ3n) is 0.864. The van der Waals surface area contributed by atoms with Crippen LogP contribution in [0.3, 0.4) is 0 Å². The minimum Gasteiger partial charge on any atom is -0.330 e. The fourth-order valence-corrected chi connectivity index (χ4v) is 1.25. The number of nitrogens with zero attached hydrogens (tertiary/aromatic N) is 1. The zero-order valence-electron chi connectivity index (χ0n) is 4.76. The number of nitrogens with two attached hydrogens (primary N) is 1. The summed E-state index contributed by atoms with van der Waals surface area (Å²) in [6, 6.07) is 0. The van der Waals surface area contributed by atoms with Crippen molar-refractivity contribution in [2.75, 3.05) is 6.54 Å². The third kappa shape index (κ3) is 1.85. The first-order valence-corrected chi connectivity index (χ1v) is 3.80. The largest absolute Gasteiger partial charge is 0.330 e. The number of H-pyrrole nitrogens is 1. The van der Waals surface area contributed by atoms with Crippen molar-refractivity contribution in [1.82, 2.24) is 9.36 Å². The molecule has 1 aromatic heterocycles. The molecule has 0 amide bonds. The van der Waals surface area contributed by atoms with Gasteiger partial charge in [0.2, 0.25) is 0 Å². The Morgan fingerprint density at radius 2 is 2.56 bits per heavy atom. The topological polar surface area (TPSA) is 54.7 Å².